The second-order valence-electron chi connectivity index (χ2n) is 3.69. The molecule has 1 aromatic heterocycles. The molecule has 0 atom stereocenters. The fraction of sp³-hybridized carbons (Fsp3) is 0.154. The molecular formula is C13H13ClFN3. The molecule has 3 nitrogen and oxygen atoms in total. The van der Waals surface area contributed by atoms with Gasteiger partial charge in [0.2, 0.25) is 0 Å². The molecule has 0 spiro atoms. The summed E-state index contributed by atoms with van der Waals surface area (Å²) in [5.41, 5.74) is 0.624. The Morgan fingerprint density at radius 3 is 2.72 bits per heavy atom. The number of nitrogens with one attached hydrogen (secondary N) is 2. The van der Waals surface area contributed by atoms with E-state index in [4.69, 9.17) is 11.6 Å². The van der Waals surface area contributed by atoms with E-state index >= 15 is 0 Å². The van der Waals surface area contributed by atoms with Gasteiger partial charge in [0.15, 0.2) is 0 Å². The van der Waals surface area contributed by atoms with Gasteiger partial charge in [-0.15, -0.1) is 0 Å². The number of rotatable bonds is 4. The Morgan fingerprint density at radius 2 is 2.00 bits per heavy atom. The van der Waals surface area contributed by atoms with Crippen molar-refractivity contribution in [3.63, 3.8) is 0 Å². The van der Waals surface area contributed by atoms with Crippen molar-refractivity contribution in [1.29, 1.82) is 0 Å². The van der Waals surface area contributed by atoms with Gasteiger partial charge >= 0.3 is 0 Å². The Balaban J connectivity index is 2.20. The minimum absolute atomic E-state index is 0.325. The average molecular weight is 266 g/mol. The Hall–Kier alpha value is -1.81. The van der Waals surface area contributed by atoms with Gasteiger partial charge < -0.3 is 10.6 Å². The second kappa shape index (κ2) is 5.69. The molecule has 0 aliphatic rings. The maximum absolute atomic E-state index is 12.9. The summed E-state index contributed by atoms with van der Waals surface area (Å²) in [6.07, 6.45) is 0. The van der Waals surface area contributed by atoms with Crippen molar-refractivity contribution in [2.75, 3.05) is 17.2 Å². The van der Waals surface area contributed by atoms with E-state index in [2.05, 4.69) is 15.6 Å². The SMILES string of the molecule is CCNc1cccc(Nc2ccc(F)cc2Cl)n1. The summed E-state index contributed by atoms with van der Waals surface area (Å²) in [5.74, 6) is 1.07. The number of halogens is 2. The Labute approximate surface area is 110 Å². The highest BCUT2D eigenvalue weighted by molar-refractivity contribution is 6.33. The summed E-state index contributed by atoms with van der Waals surface area (Å²) in [7, 11) is 0. The van der Waals surface area contributed by atoms with Gasteiger partial charge in [0.25, 0.3) is 0 Å². The van der Waals surface area contributed by atoms with Crippen molar-refractivity contribution < 1.29 is 4.39 Å². The molecule has 5 heteroatoms. The average Bonchev–Trinajstić information content (AvgIpc) is 2.34. The van der Waals surface area contributed by atoms with E-state index in [9.17, 15) is 4.39 Å². The molecule has 0 aliphatic heterocycles. The summed E-state index contributed by atoms with van der Waals surface area (Å²) < 4.78 is 12.9. The van der Waals surface area contributed by atoms with Crippen molar-refractivity contribution in [2.24, 2.45) is 0 Å². The number of hydrogen-bond acceptors (Lipinski definition) is 3. The Morgan fingerprint density at radius 1 is 1.22 bits per heavy atom. The molecule has 18 heavy (non-hydrogen) atoms. The molecule has 0 aliphatic carbocycles. The molecule has 0 fully saturated rings. The number of pyridine rings is 1. The van der Waals surface area contributed by atoms with E-state index in [1.807, 2.05) is 25.1 Å². The van der Waals surface area contributed by atoms with Crippen LogP contribution >= 0.6 is 11.6 Å². The topological polar surface area (TPSA) is 37.0 Å². The first-order valence-electron chi connectivity index (χ1n) is 5.62. The summed E-state index contributed by atoms with van der Waals surface area (Å²) in [4.78, 5) is 4.35. The van der Waals surface area contributed by atoms with E-state index in [1.165, 1.54) is 12.1 Å². The molecule has 1 heterocycles. The largest absolute Gasteiger partial charge is 0.370 e. The lowest BCUT2D eigenvalue weighted by Crippen LogP contribution is -2.01. The second-order valence-corrected chi connectivity index (χ2v) is 4.09. The zero-order chi connectivity index (χ0) is 13.0. The molecule has 0 bridgehead atoms. The van der Waals surface area contributed by atoms with Crippen molar-refractivity contribution in [1.82, 2.24) is 4.98 Å². The van der Waals surface area contributed by atoms with Crippen LogP contribution in [0.4, 0.5) is 21.7 Å². The third-order valence-electron chi connectivity index (χ3n) is 2.30. The van der Waals surface area contributed by atoms with E-state index < -0.39 is 0 Å². The fourth-order valence-corrected chi connectivity index (χ4v) is 1.73. The van der Waals surface area contributed by atoms with E-state index in [0.29, 0.717) is 16.5 Å². The molecule has 2 rings (SSSR count). The van der Waals surface area contributed by atoms with Crippen LogP contribution in [0, 0.1) is 5.82 Å². The lowest BCUT2D eigenvalue weighted by atomic mass is 10.3. The highest BCUT2D eigenvalue weighted by Crippen LogP contribution is 2.25. The van der Waals surface area contributed by atoms with E-state index in [-0.39, 0.29) is 5.82 Å². The van der Waals surface area contributed by atoms with Gasteiger partial charge in [-0.2, -0.15) is 0 Å². The number of benzene rings is 1. The van der Waals surface area contributed by atoms with Gasteiger partial charge in [-0.3, -0.25) is 0 Å². The molecule has 2 aromatic rings. The predicted molar refractivity (Wildman–Crippen MR) is 73.1 cm³/mol. The zero-order valence-corrected chi connectivity index (χ0v) is 10.6. The lowest BCUT2D eigenvalue weighted by Gasteiger charge is -2.09. The molecule has 0 radical (unpaired) electrons. The molecule has 2 N–H and O–H groups in total. The maximum Gasteiger partial charge on any atom is 0.132 e. The van der Waals surface area contributed by atoms with Gasteiger partial charge in [0, 0.05) is 6.54 Å². The molecule has 0 unspecified atom stereocenters. The lowest BCUT2D eigenvalue weighted by molar-refractivity contribution is 0.628. The quantitative estimate of drug-likeness (QED) is 0.876. The van der Waals surface area contributed by atoms with Gasteiger partial charge in [-0.1, -0.05) is 17.7 Å². The van der Waals surface area contributed by atoms with Crippen LogP contribution in [0.5, 0.6) is 0 Å². The predicted octanol–water partition coefficient (Wildman–Crippen LogP) is 4.05. The summed E-state index contributed by atoms with van der Waals surface area (Å²) in [5, 5.41) is 6.49. The molecule has 0 saturated heterocycles. The van der Waals surface area contributed by atoms with E-state index in [0.717, 1.165) is 12.4 Å². The molecular weight excluding hydrogens is 253 g/mol. The molecule has 0 amide bonds. The van der Waals surface area contributed by atoms with Crippen LogP contribution in [-0.2, 0) is 0 Å². The number of nitrogens with zero attached hydrogens (tertiary/aromatic N) is 1. The first kappa shape index (κ1) is 12.6. The minimum atomic E-state index is -0.361. The summed E-state index contributed by atoms with van der Waals surface area (Å²) >= 11 is 5.93. The Kier molecular flexibility index (Phi) is 3.99. The normalized spacial score (nSPS) is 10.2. The maximum atomic E-state index is 12.9. The molecule has 0 saturated carbocycles. The van der Waals surface area contributed by atoms with Crippen LogP contribution in [0.1, 0.15) is 6.92 Å². The number of aromatic nitrogens is 1. The minimum Gasteiger partial charge on any atom is -0.370 e. The van der Waals surface area contributed by atoms with Crippen LogP contribution in [0.25, 0.3) is 0 Å². The van der Waals surface area contributed by atoms with Gasteiger partial charge in [0.05, 0.1) is 10.7 Å². The van der Waals surface area contributed by atoms with Crippen molar-refractivity contribution in [3.8, 4) is 0 Å². The monoisotopic (exact) mass is 265 g/mol. The summed E-state index contributed by atoms with van der Waals surface area (Å²) in [6.45, 7) is 2.80. The van der Waals surface area contributed by atoms with Crippen LogP contribution in [0.3, 0.4) is 0 Å². The third-order valence-corrected chi connectivity index (χ3v) is 2.61. The fourth-order valence-electron chi connectivity index (χ4n) is 1.51. The van der Waals surface area contributed by atoms with Gasteiger partial charge in [-0.05, 0) is 37.3 Å². The van der Waals surface area contributed by atoms with Crippen LogP contribution in [0.2, 0.25) is 5.02 Å². The number of hydrogen-bond donors (Lipinski definition) is 2. The first-order valence-corrected chi connectivity index (χ1v) is 6.00. The third kappa shape index (κ3) is 3.11. The molecule has 1 aromatic carbocycles. The molecule has 94 valence electrons. The van der Waals surface area contributed by atoms with E-state index in [1.54, 1.807) is 6.07 Å². The van der Waals surface area contributed by atoms with Crippen LogP contribution in [0.15, 0.2) is 36.4 Å². The zero-order valence-electron chi connectivity index (χ0n) is 9.87. The highest BCUT2D eigenvalue weighted by Gasteiger charge is 2.03. The first-order chi connectivity index (χ1) is 8.69. The van der Waals surface area contributed by atoms with Crippen molar-refractivity contribution in [3.05, 3.63) is 47.2 Å². The standard InChI is InChI=1S/C13H13ClFN3/c1-2-16-12-4-3-5-13(18-12)17-11-7-6-9(15)8-10(11)14/h3-8H,2H2,1H3,(H2,16,17,18). The smallest absolute Gasteiger partial charge is 0.132 e. The van der Waals surface area contributed by atoms with Gasteiger partial charge in [-0.25, -0.2) is 9.37 Å². The van der Waals surface area contributed by atoms with Crippen LogP contribution < -0.4 is 10.6 Å². The Bertz CT molecular complexity index is 546. The van der Waals surface area contributed by atoms with Crippen molar-refractivity contribution >= 4 is 28.9 Å². The van der Waals surface area contributed by atoms with Crippen molar-refractivity contribution in [2.45, 2.75) is 6.92 Å². The highest BCUT2D eigenvalue weighted by atomic mass is 35.5. The van der Waals surface area contributed by atoms with Crippen LogP contribution in [-0.4, -0.2) is 11.5 Å². The van der Waals surface area contributed by atoms with Gasteiger partial charge in [0.1, 0.15) is 17.5 Å². The number of anilines is 3. The summed E-state index contributed by atoms with van der Waals surface area (Å²) in [6, 6.07) is 9.77.